The van der Waals surface area contributed by atoms with Crippen LogP contribution in [0, 0.1) is 6.92 Å². The van der Waals surface area contributed by atoms with Gasteiger partial charge < -0.3 is 0 Å². The molecule has 114 valence electrons. The first kappa shape index (κ1) is 16.0. The molecule has 2 rings (SSSR count). The zero-order valence-electron chi connectivity index (χ0n) is 12.0. The van der Waals surface area contributed by atoms with Gasteiger partial charge in [-0.1, -0.05) is 12.1 Å². The second-order valence-corrected chi connectivity index (χ2v) is 6.93. The first-order chi connectivity index (χ1) is 9.94. The molecule has 1 aromatic heterocycles. The van der Waals surface area contributed by atoms with Gasteiger partial charge in [-0.05, 0) is 31.0 Å². The lowest BCUT2D eigenvalue weighted by Gasteiger charge is -2.07. The Morgan fingerprint density at radius 3 is 2.48 bits per heavy atom. The summed E-state index contributed by atoms with van der Waals surface area (Å²) in [5.41, 5.74) is 2.82. The van der Waals surface area contributed by atoms with E-state index in [-0.39, 0.29) is 11.4 Å². The van der Waals surface area contributed by atoms with Crippen LogP contribution in [0.3, 0.4) is 0 Å². The van der Waals surface area contributed by atoms with E-state index < -0.39 is 10.0 Å². The van der Waals surface area contributed by atoms with Crippen LogP contribution in [0.15, 0.2) is 35.4 Å². The van der Waals surface area contributed by atoms with Gasteiger partial charge in [-0.15, -0.1) is 11.6 Å². The number of alkyl halides is 1. The highest BCUT2D eigenvalue weighted by molar-refractivity contribution is 7.89. The van der Waals surface area contributed by atoms with Crippen LogP contribution in [0.25, 0.3) is 0 Å². The van der Waals surface area contributed by atoms with Gasteiger partial charge in [0.15, 0.2) is 0 Å². The van der Waals surface area contributed by atoms with Crippen molar-refractivity contribution in [1.82, 2.24) is 14.5 Å². The van der Waals surface area contributed by atoms with E-state index in [4.69, 9.17) is 11.6 Å². The summed E-state index contributed by atoms with van der Waals surface area (Å²) >= 11 is 5.66. The molecule has 1 N–H and O–H groups in total. The number of aromatic nitrogens is 2. The molecule has 1 aromatic carbocycles. The average Bonchev–Trinajstić information content (AvgIpc) is 2.78. The quantitative estimate of drug-likeness (QED) is 0.825. The molecule has 7 heteroatoms. The van der Waals surface area contributed by atoms with Crippen molar-refractivity contribution in [2.75, 3.05) is 5.88 Å². The molecule has 0 aliphatic heterocycles. The lowest BCUT2D eigenvalue weighted by Crippen LogP contribution is -2.23. The number of hydrogen-bond acceptors (Lipinski definition) is 3. The topological polar surface area (TPSA) is 64.0 Å². The van der Waals surface area contributed by atoms with Crippen LogP contribution >= 0.6 is 11.6 Å². The Labute approximate surface area is 130 Å². The number of nitrogens with zero attached hydrogens (tertiary/aromatic N) is 2. The second-order valence-electron chi connectivity index (χ2n) is 4.79. The lowest BCUT2D eigenvalue weighted by atomic mass is 10.2. The van der Waals surface area contributed by atoms with Gasteiger partial charge >= 0.3 is 0 Å². The molecule has 0 fully saturated rings. The van der Waals surface area contributed by atoms with Gasteiger partial charge in [0.25, 0.3) is 0 Å². The van der Waals surface area contributed by atoms with Crippen LogP contribution in [-0.2, 0) is 30.0 Å². The van der Waals surface area contributed by atoms with Crippen LogP contribution < -0.4 is 4.72 Å². The molecule has 21 heavy (non-hydrogen) atoms. The molecule has 0 radical (unpaired) electrons. The third-order valence-electron chi connectivity index (χ3n) is 3.41. The third kappa shape index (κ3) is 3.84. The minimum Gasteiger partial charge on any atom is -0.273 e. The molecule has 0 saturated carbocycles. The Bertz CT molecular complexity index is 708. The van der Waals surface area contributed by atoms with Crippen molar-refractivity contribution in [3.63, 3.8) is 0 Å². The molecule has 0 aliphatic rings. The molecule has 5 nitrogen and oxygen atoms in total. The minimum absolute atomic E-state index is 0.228. The maximum absolute atomic E-state index is 12.2. The summed E-state index contributed by atoms with van der Waals surface area (Å²) in [7, 11) is -1.70. The van der Waals surface area contributed by atoms with Crippen LogP contribution in [0.5, 0.6) is 0 Å². The fraction of sp³-hybridized carbons (Fsp3) is 0.357. The molecular formula is C14H18ClN3O2S. The zero-order chi connectivity index (χ0) is 15.5. The molecule has 0 atom stereocenters. The van der Waals surface area contributed by atoms with Crippen LogP contribution in [0.4, 0.5) is 0 Å². The van der Waals surface area contributed by atoms with Crippen molar-refractivity contribution >= 4 is 21.6 Å². The van der Waals surface area contributed by atoms with Gasteiger partial charge in [-0.25, -0.2) is 13.1 Å². The summed E-state index contributed by atoms with van der Waals surface area (Å²) in [6.45, 7) is 2.13. The summed E-state index contributed by atoms with van der Waals surface area (Å²) < 4.78 is 28.8. The fourth-order valence-corrected chi connectivity index (χ4v) is 3.14. The van der Waals surface area contributed by atoms with E-state index >= 15 is 0 Å². The highest BCUT2D eigenvalue weighted by Crippen LogP contribution is 2.13. The molecule has 0 amide bonds. The Balaban J connectivity index is 2.09. The molecule has 2 aromatic rings. The minimum atomic E-state index is -3.52. The van der Waals surface area contributed by atoms with E-state index in [9.17, 15) is 8.42 Å². The largest absolute Gasteiger partial charge is 0.273 e. The standard InChI is InChI=1S/C14H18ClN3O2S/c1-11-13(9-16-18(11)2)10-17-21(19,20)14-5-3-12(4-6-14)7-8-15/h3-6,9,17H,7-8,10H2,1-2H3. The van der Waals surface area contributed by atoms with Gasteiger partial charge in [0.05, 0.1) is 11.1 Å². The van der Waals surface area contributed by atoms with Crippen molar-refractivity contribution in [3.8, 4) is 0 Å². The first-order valence-electron chi connectivity index (χ1n) is 6.56. The maximum Gasteiger partial charge on any atom is 0.240 e. The zero-order valence-corrected chi connectivity index (χ0v) is 13.6. The first-order valence-corrected chi connectivity index (χ1v) is 8.58. The molecular weight excluding hydrogens is 310 g/mol. The Morgan fingerprint density at radius 2 is 1.95 bits per heavy atom. The van der Waals surface area contributed by atoms with Gasteiger partial charge in [0, 0.05) is 30.7 Å². The van der Waals surface area contributed by atoms with Gasteiger partial charge in [0.1, 0.15) is 0 Å². The smallest absolute Gasteiger partial charge is 0.240 e. The summed E-state index contributed by atoms with van der Waals surface area (Å²) in [5, 5.41) is 4.09. The van der Waals surface area contributed by atoms with Crippen LogP contribution in [0.1, 0.15) is 16.8 Å². The van der Waals surface area contributed by atoms with Crippen LogP contribution in [-0.4, -0.2) is 24.1 Å². The van der Waals surface area contributed by atoms with Crippen molar-refractivity contribution < 1.29 is 8.42 Å². The normalized spacial score (nSPS) is 11.8. The van der Waals surface area contributed by atoms with Crippen molar-refractivity contribution in [2.45, 2.75) is 24.8 Å². The van der Waals surface area contributed by atoms with Crippen LogP contribution in [0.2, 0.25) is 0 Å². The summed E-state index contributed by atoms with van der Waals surface area (Å²) in [4.78, 5) is 0.252. The molecule has 0 unspecified atom stereocenters. The number of rotatable bonds is 6. The number of nitrogens with one attached hydrogen (secondary N) is 1. The highest BCUT2D eigenvalue weighted by Gasteiger charge is 2.14. The van der Waals surface area contributed by atoms with Gasteiger partial charge in [0.2, 0.25) is 10.0 Å². The van der Waals surface area contributed by atoms with E-state index in [1.807, 2.05) is 14.0 Å². The number of halogens is 1. The molecule has 0 aliphatic carbocycles. The van der Waals surface area contributed by atoms with E-state index in [0.29, 0.717) is 5.88 Å². The lowest BCUT2D eigenvalue weighted by molar-refractivity contribution is 0.581. The summed E-state index contributed by atoms with van der Waals surface area (Å²) in [6, 6.07) is 6.76. The number of sulfonamides is 1. The van der Waals surface area contributed by atoms with Gasteiger partial charge in [-0.3, -0.25) is 4.68 Å². The predicted molar refractivity (Wildman–Crippen MR) is 82.8 cm³/mol. The van der Waals surface area contributed by atoms with Crippen molar-refractivity contribution in [2.24, 2.45) is 7.05 Å². The molecule has 0 bridgehead atoms. The number of hydrogen-bond donors (Lipinski definition) is 1. The predicted octanol–water partition coefficient (Wildman–Crippen LogP) is 1.99. The average molecular weight is 328 g/mol. The molecule has 1 heterocycles. The molecule has 0 spiro atoms. The summed E-state index contributed by atoms with van der Waals surface area (Å²) in [5.74, 6) is 0.518. The maximum atomic E-state index is 12.2. The van der Waals surface area contributed by atoms with E-state index in [1.165, 1.54) is 0 Å². The number of benzene rings is 1. The SMILES string of the molecule is Cc1c(CNS(=O)(=O)c2ccc(CCCl)cc2)cnn1C. The monoisotopic (exact) mass is 327 g/mol. The molecule has 0 saturated heterocycles. The van der Waals surface area contributed by atoms with E-state index in [0.717, 1.165) is 23.2 Å². The third-order valence-corrected chi connectivity index (χ3v) is 5.01. The Morgan fingerprint density at radius 1 is 1.29 bits per heavy atom. The van der Waals surface area contributed by atoms with E-state index in [2.05, 4.69) is 9.82 Å². The number of aryl methyl sites for hydroxylation is 2. The summed E-state index contributed by atoms with van der Waals surface area (Å²) in [6.07, 6.45) is 2.39. The highest BCUT2D eigenvalue weighted by atomic mass is 35.5. The Hall–Kier alpha value is -1.37. The Kier molecular flexibility index (Phi) is 5.03. The van der Waals surface area contributed by atoms with Crippen molar-refractivity contribution in [3.05, 3.63) is 47.3 Å². The van der Waals surface area contributed by atoms with Gasteiger partial charge in [-0.2, -0.15) is 5.10 Å². The van der Waals surface area contributed by atoms with E-state index in [1.54, 1.807) is 35.1 Å². The second kappa shape index (κ2) is 6.60. The fourth-order valence-electron chi connectivity index (χ4n) is 1.92. The van der Waals surface area contributed by atoms with Crippen molar-refractivity contribution in [1.29, 1.82) is 0 Å².